The average molecular weight is 288 g/mol. The van der Waals surface area contributed by atoms with E-state index < -0.39 is 11.9 Å². The number of aryl methyl sites for hydroxylation is 1. The predicted molar refractivity (Wildman–Crippen MR) is 78.0 cm³/mol. The molecule has 0 bridgehead atoms. The molecule has 0 heterocycles. The average Bonchev–Trinajstić information content (AvgIpc) is 2.48. The molecule has 0 fully saturated rings. The summed E-state index contributed by atoms with van der Waals surface area (Å²) >= 11 is 0. The zero-order chi connectivity index (χ0) is 15.4. The Hall–Kier alpha value is -2.36. The maximum atomic E-state index is 13.1. The highest BCUT2D eigenvalue weighted by Crippen LogP contribution is 2.19. The van der Waals surface area contributed by atoms with Gasteiger partial charge in [-0.3, -0.25) is 4.79 Å². The second-order valence-corrected chi connectivity index (χ2v) is 5.00. The molecule has 21 heavy (non-hydrogen) atoms. The maximum absolute atomic E-state index is 13.1. The summed E-state index contributed by atoms with van der Waals surface area (Å²) in [6.45, 7) is 3.69. The molecule has 110 valence electrons. The molecule has 1 N–H and O–H groups in total. The van der Waals surface area contributed by atoms with Crippen LogP contribution in [0.2, 0.25) is 0 Å². The number of ether oxygens (including phenoxy) is 1. The van der Waals surface area contributed by atoms with Crippen molar-refractivity contribution < 1.29 is 19.0 Å². The van der Waals surface area contributed by atoms with Gasteiger partial charge in [0.05, 0.1) is 5.92 Å². The molecule has 4 heteroatoms. The summed E-state index contributed by atoms with van der Waals surface area (Å²) in [4.78, 5) is 10.9. The van der Waals surface area contributed by atoms with Crippen molar-refractivity contribution in [3.63, 3.8) is 0 Å². The van der Waals surface area contributed by atoms with E-state index in [1.165, 1.54) is 6.07 Å². The summed E-state index contributed by atoms with van der Waals surface area (Å²) in [6.07, 6.45) is 0. The Bertz CT molecular complexity index is 635. The van der Waals surface area contributed by atoms with E-state index in [0.29, 0.717) is 17.9 Å². The van der Waals surface area contributed by atoms with E-state index in [1.807, 2.05) is 12.1 Å². The topological polar surface area (TPSA) is 46.5 Å². The van der Waals surface area contributed by atoms with Crippen molar-refractivity contribution >= 4 is 5.97 Å². The minimum atomic E-state index is -0.846. The summed E-state index contributed by atoms with van der Waals surface area (Å²) in [7, 11) is 0. The zero-order valence-electron chi connectivity index (χ0n) is 12.0. The Kier molecular flexibility index (Phi) is 4.58. The molecule has 1 atom stereocenters. The SMILES string of the molecule is Cc1cc(OCc2ccc(C(C)C(=O)O)cc2)ccc1F. The molecule has 2 rings (SSSR count). The number of rotatable bonds is 5. The lowest BCUT2D eigenvalue weighted by Crippen LogP contribution is -2.07. The quantitative estimate of drug-likeness (QED) is 0.907. The molecule has 0 aliphatic heterocycles. The Balaban J connectivity index is 2.00. The first-order valence-corrected chi connectivity index (χ1v) is 6.68. The molecule has 0 aromatic heterocycles. The predicted octanol–water partition coefficient (Wildman–Crippen LogP) is 3.90. The maximum Gasteiger partial charge on any atom is 0.310 e. The molecule has 0 spiro atoms. The number of hydrogen-bond acceptors (Lipinski definition) is 2. The van der Waals surface area contributed by atoms with Crippen molar-refractivity contribution in [2.75, 3.05) is 0 Å². The largest absolute Gasteiger partial charge is 0.489 e. The second-order valence-electron chi connectivity index (χ2n) is 5.00. The normalized spacial score (nSPS) is 12.0. The summed E-state index contributed by atoms with van der Waals surface area (Å²) in [5.41, 5.74) is 2.22. The fourth-order valence-electron chi connectivity index (χ4n) is 1.92. The van der Waals surface area contributed by atoms with Gasteiger partial charge in [0.2, 0.25) is 0 Å². The van der Waals surface area contributed by atoms with Crippen molar-refractivity contribution in [2.24, 2.45) is 0 Å². The zero-order valence-corrected chi connectivity index (χ0v) is 12.0. The highest BCUT2D eigenvalue weighted by atomic mass is 19.1. The van der Waals surface area contributed by atoms with Crippen LogP contribution < -0.4 is 4.74 Å². The third-order valence-electron chi connectivity index (χ3n) is 3.39. The fourth-order valence-corrected chi connectivity index (χ4v) is 1.92. The minimum Gasteiger partial charge on any atom is -0.489 e. The molecule has 0 saturated carbocycles. The van der Waals surface area contributed by atoms with Gasteiger partial charge in [-0.1, -0.05) is 24.3 Å². The van der Waals surface area contributed by atoms with Crippen molar-refractivity contribution in [3.8, 4) is 5.75 Å². The summed E-state index contributed by atoms with van der Waals surface area (Å²) in [5, 5.41) is 8.95. The van der Waals surface area contributed by atoms with Crippen LogP contribution in [0.25, 0.3) is 0 Å². The molecule has 3 nitrogen and oxygen atoms in total. The highest BCUT2D eigenvalue weighted by Gasteiger charge is 2.12. The lowest BCUT2D eigenvalue weighted by molar-refractivity contribution is -0.138. The number of aliphatic carboxylic acids is 1. The first-order valence-electron chi connectivity index (χ1n) is 6.68. The van der Waals surface area contributed by atoms with Gasteiger partial charge in [-0.25, -0.2) is 4.39 Å². The van der Waals surface area contributed by atoms with E-state index >= 15 is 0 Å². The molecular formula is C17H17FO3. The van der Waals surface area contributed by atoms with Gasteiger partial charge in [-0.05, 0) is 48.7 Å². The number of hydrogen-bond donors (Lipinski definition) is 1. The van der Waals surface area contributed by atoms with Crippen molar-refractivity contribution in [2.45, 2.75) is 26.4 Å². The number of carbonyl (C=O) groups is 1. The van der Waals surface area contributed by atoms with E-state index in [9.17, 15) is 9.18 Å². The summed E-state index contributed by atoms with van der Waals surface area (Å²) < 4.78 is 18.7. The molecular weight excluding hydrogens is 271 g/mol. The second kappa shape index (κ2) is 6.39. The van der Waals surface area contributed by atoms with Crippen LogP contribution in [-0.2, 0) is 11.4 Å². The van der Waals surface area contributed by atoms with Crippen molar-refractivity contribution in [3.05, 3.63) is 65.0 Å². The standard InChI is InChI=1S/C17H17FO3/c1-11-9-15(7-8-16(11)18)21-10-13-3-5-14(6-4-13)12(2)17(19)20/h3-9,12H,10H2,1-2H3,(H,19,20). The molecule has 0 aliphatic rings. The first kappa shape index (κ1) is 15.0. The first-order chi connectivity index (χ1) is 9.97. The van der Waals surface area contributed by atoms with Gasteiger partial charge < -0.3 is 9.84 Å². The molecule has 2 aromatic carbocycles. The monoisotopic (exact) mass is 288 g/mol. The smallest absolute Gasteiger partial charge is 0.310 e. The third-order valence-corrected chi connectivity index (χ3v) is 3.39. The number of halogens is 1. The lowest BCUT2D eigenvalue weighted by Gasteiger charge is -2.10. The summed E-state index contributed by atoms with van der Waals surface area (Å²) in [6, 6.07) is 11.9. The molecule has 0 saturated heterocycles. The number of carboxylic acids is 1. The van der Waals surface area contributed by atoms with Gasteiger partial charge in [0.25, 0.3) is 0 Å². The molecule has 2 aromatic rings. The van der Waals surface area contributed by atoms with Crippen LogP contribution >= 0.6 is 0 Å². The number of carboxylic acid groups (broad SMARTS) is 1. The fraction of sp³-hybridized carbons (Fsp3) is 0.235. The van der Waals surface area contributed by atoms with Gasteiger partial charge in [-0.15, -0.1) is 0 Å². The Labute approximate surface area is 123 Å². The van der Waals surface area contributed by atoms with Crippen LogP contribution in [0.4, 0.5) is 4.39 Å². The Morgan fingerprint density at radius 2 is 1.90 bits per heavy atom. The highest BCUT2D eigenvalue weighted by molar-refractivity contribution is 5.75. The molecule has 0 radical (unpaired) electrons. The Morgan fingerprint density at radius 1 is 1.24 bits per heavy atom. The van der Waals surface area contributed by atoms with Crippen molar-refractivity contribution in [1.29, 1.82) is 0 Å². The molecule has 0 aliphatic carbocycles. The molecule has 0 amide bonds. The van der Waals surface area contributed by atoms with Crippen molar-refractivity contribution in [1.82, 2.24) is 0 Å². The molecule has 1 unspecified atom stereocenters. The van der Waals surface area contributed by atoms with Crippen LogP contribution in [0.3, 0.4) is 0 Å². The van der Waals surface area contributed by atoms with Gasteiger partial charge >= 0.3 is 5.97 Å². The van der Waals surface area contributed by atoms with Crippen LogP contribution in [0.5, 0.6) is 5.75 Å². The van der Waals surface area contributed by atoms with E-state index in [0.717, 1.165) is 11.1 Å². The van der Waals surface area contributed by atoms with Gasteiger partial charge in [0, 0.05) is 0 Å². The van der Waals surface area contributed by atoms with Gasteiger partial charge in [0.1, 0.15) is 18.2 Å². The van der Waals surface area contributed by atoms with Crippen LogP contribution in [-0.4, -0.2) is 11.1 Å². The third kappa shape index (κ3) is 3.81. The van der Waals surface area contributed by atoms with Crippen LogP contribution in [0.15, 0.2) is 42.5 Å². The van der Waals surface area contributed by atoms with Crippen LogP contribution in [0, 0.1) is 12.7 Å². The van der Waals surface area contributed by atoms with Gasteiger partial charge in [-0.2, -0.15) is 0 Å². The number of benzene rings is 2. The van der Waals surface area contributed by atoms with E-state index in [2.05, 4.69) is 0 Å². The lowest BCUT2D eigenvalue weighted by atomic mass is 10.0. The van der Waals surface area contributed by atoms with Crippen LogP contribution in [0.1, 0.15) is 29.5 Å². The van der Waals surface area contributed by atoms with E-state index in [4.69, 9.17) is 9.84 Å². The van der Waals surface area contributed by atoms with E-state index in [1.54, 1.807) is 38.1 Å². The van der Waals surface area contributed by atoms with Gasteiger partial charge in [0.15, 0.2) is 0 Å². The summed E-state index contributed by atoms with van der Waals surface area (Å²) in [5.74, 6) is -1.02. The minimum absolute atomic E-state index is 0.255. The Morgan fingerprint density at radius 3 is 2.48 bits per heavy atom. The van der Waals surface area contributed by atoms with E-state index in [-0.39, 0.29) is 5.82 Å².